The minimum atomic E-state index is -0.333. The van der Waals surface area contributed by atoms with Gasteiger partial charge in [0.25, 0.3) is 0 Å². The van der Waals surface area contributed by atoms with E-state index in [0.29, 0.717) is 6.54 Å². The van der Waals surface area contributed by atoms with Crippen molar-refractivity contribution in [2.24, 2.45) is 5.41 Å². The zero-order chi connectivity index (χ0) is 12.5. The summed E-state index contributed by atoms with van der Waals surface area (Å²) in [6.45, 7) is 6.36. The van der Waals surface area contributed by atoms with Crippen LogP contribution in [0.4, 0.5) is 0 Å². The van der Waals surface area contributed by atoms with Gasteiger partial charge in [-0.2, -0.15) is 0 Å². The van der Waals surface area contributed by atoms with Crippen molar-refractivity contribution >= 4 is 22.2 Å². The fourth-order valence-corrected chi connectivity index (χ4v) is 2.27. The molecule has 92 valence electrons. The average Bonchev–Trinajstić information content (AvgIpc) is 2.80. The van der Waals surface area contributed by atoms with Crippen LogP contribution in [0, 0.1) is 5.41 Å². The van der Waals surface area contributed by atoms with Gasteiger partial charge in [-0.1, -0.05) is 20.8 Å². The van der Waals surface area contributed by atoms with Gasteiger partial charge >= 0.3 is 0 Å². The smallest absolute Gasteiger partial charge is 0.225 e. The molecule has 0 saturated heterocycles. The van der Waals surface area contributed by atoms with Gasteiger partial charge < -0.3 is 5.32 Å². The largest absolute Gasteiger partial charge is 0.355 e. The molecular formula is C11H16N4OS. The van der Waals surface area contributed by atoms with Crippen LogP contribution in [-0.4, -0.2) is 27.0 Å². The highest BCUT2D eigenvalue weighted by molar-refractivity contribution is 7.15. The molecule has 1 N–H and O–H groups in total. The predicted molar refractivity (Wildman–Crippen MR) is 67.0 cm³/mol. The molecular weight excluding hydrogens is 236 g/mol. The number of rotatable bonds is 3. The van der Waals surface area contributed by atoms with Crippen LogP contribution in [0.1, 0.15) is 26.5 Å². The first-order valence-corrected chi connectivity index (χ1v) is 6.41. The van der Waals surface area contributed by atoms with E-state index in [-0.39, 0.29) is 11.3 Å². The van der Waals surface area contributed by atoms with Crippen molar-refractivity contribution in [2.75, 3.05) is 6.54 Å². The van der Waals surface area contributed by atoms with Crippen LogP contribution in [0.5, 0.6) is 0 Å². The summed E-state index contributed by atoms with van der Waals surface area (Å²) in [6.07, 6.45) is 2.49. The Morgan fingerprint density at radius 3 is 3.00 bits per heavy atom. The number of hydrogen-bond acceptors (Lipinski definition) is 4. The Bertz CT molecular complexity index is 523. The number of carbonyl (C=O) groups is 1. The lowest BCUT2D eigenvalue weighted by Gasteiger charge is -2.17. The number of amides is 1. The number of nitrogens with one attached hydrogen (secondary N) is 1. The summed E-state index contributed by atoms with van der Waals surface area (Å²) in [7, 11) is 0. The van der Waals surface area contributed by atoms with Crippen molar-refractivity contribution in [3.05, 3.63) is 17.4 Å². The van der Waals surface area contributed by atoms with Crippen molar-refractivity contribution in [1.29, 1.82) is 0 Å². The molecule has 5 nitrogen and oxygen atoms in total. The van der Waals surface area contributed by atoms with Gasteiger partial charge in [-0.25, -0.2) is 0 Å². The van der Waals surface area contributed by atoms with Gasteiger partial charge in [0.15, 0.2) is 0 Å². The zero-order valence-corrected chi connectivity index (χ0v) is 11.0. The molecule has 0 spiro atoms. The normalized spacial score (nSPS) is 11.9. The van der Waals surface area contributed by atoms with Gasteiger partial charge in [-0.15, -0.1) is 21.5 Å². The van der Waals surface area contributed by atoms with Crippen molar-refractivity contribution in [3.8, 4) is 0 Å². The number of hydrogen-bond donors (Lipinski definition) is 1. The Morgan fingerprint density at radius 1 is 1.53 bits per heavy atom. The third kappa shape index (κ3) is 2.63. The molecule has 0 bridgehead atoms. The summed E-state index contributed by atoms with van der Waals surface area (Å²) in [6, 6.07) is 0. The molecule has 0 unspecified atom stereocenters. The Hall–Kier alpha value is -1.43. The van der Waals surface area contributed by atoms with E-state index < -0.39 is 0 Å². The summed E-state index contributed by atoms with van der Waals surface area (Å²) >= 11 is 1.56. The lowest BCUT2D eigenvalue weighted by Crippen LogP contribution is -2.36. The number of thiazole rings is 1. The molecule has 0 aromatic carbocycles. The Morgan fingerprint density at radius 2 is 2.29 bits per heavy atom. The number of nitrogens with zero attached hydrogens (tertiary/aromatic N) is 3. The fraction of sp³-hybridized carbons (Fsp3) is 0.545. The monoisotopic (exact) mass is 252 g/mol. The Balaban J connectivity index is 1.92. The second kappa shape index (κ2) is 4.44. The molecule has 0 aliphatic carbocycles. The topological polar surface area (TPSA) is 59.3 Å². The van der Waals surface area contributed by atoms with Gasteiger partial charge in [0.05, 0.1) is 0 Å². The number of fused-ring (bicyclic) bond motifs is 1. The van der Waals surface area contributed by atoms with E-state index in [9.17, 15) is 4.79 Å². The molecule has 2 heterocycles. The van der Waals surface area contributed by atoms with Crippen LogP contribution in [0.2, 0.25) is 0 Å². The lowest BCUT2D eigenvalue weighted by atomic mass is 9.96. The first-order valence-electron chi connectivity index (χ1n) is 5.53. The lowest BCUT2D eigenvalue weighted by molar-refractivity contribution is -0.128. The number of carbonyl (C=O) groups excluding carboxylic acids is 1. The van der Waals surface area contributed by atoms with E-state index in [0.717, 1.165) is 17.1 Å². The highest BCUT2D eigenvalue weighted by atomic mass is 32.1. The summed E-state index contributed by atoms with van der Waals surface area (Å²) < 4.78 is 1.95. The maximum absolute atomic E-state index is 11.7. The summed E-state index contributed by atoms with van der Waals surface area (Å²) in [5.41, 5.74) is 0.796. The third-order valence-electron chi connectivity index (χ3n) is 2.47. The second-order valence-electron chi connectivity index (χ2n) is 4.97. The third-order valence-corrected chi connectivity index (χ3v) is 3.35. The molecule has 2 aromatic heterocycles. The SMILES string of the molecule is CC(C)(C)C(=O)NCCc1csc2nncn12. The van der Waals surface area contributed by atoms with E-state index in [1.807, 2.05) is 30.6 Å². The molecule has 0 atom stereocenters. The zero-order valence-electron chi connectivity index (χ0n) is 10.2. The number of aromatic nitrogens is 3. The van der Waals surface area contributed by atoms with Crippen molar-refractivity contribution in [2.45, 2.75) is 27.2 Å². The Labute approximate surface area is 104 Å². The van der Waals surface area contributed by atoms with Crippen LogP contribution in [0.3, 0.4) is 0 Å². The summed E-state index contributed by atoms with van der Waals surface area (Å²) in [4.78, 5) is 12.6. The highest BCUT2D eigenvalue weighted by Crippen LogP contribution is 2.14. The van der Waals surface area contributed by atoms with Gasteiger partial charge in [0.2, 0.25) is 10.9 Å². The molecule has 0 aliphatic heterocycles. The average molecular weight is 252 g/mol. The van der Waals surface area contributed by atoms with E-state index in [2.05, 4.69) is 15.5 Å². The van der Waals surface area contributed by atoms with Crippen LogP contribution in [-0.2, 0) is 11.2 Å². The van der Waals surface area contributed by atoms with E-state index in [1.54, 1.807) is 17.7 Å². The van der Waals surface area contributed by atoms with Crippen molar-refractivity contribution in [1.82, 2.24) is 19.9 Å². The van der Waals surface area contributed by atoms with E-state index in [4.69, 9.17) is 0 Å². The first kappa shape index (κ1) is 12.0. The van der Waals surface area contributed by atoms with Crippen LogP contribution in [0.25, 0.3) is 4.96 Å². The molecule has 1 amide bonds. The highest BCUT2D eigenvalue weighted by Gasteiger charge is 2.20. The minimum Gasteiger partial charge on any atom is -0.355 e. The van der Waals surface area contributed by atoms with E-state index in [1.165, 1.54) is 0 Å². The predicted octanol–water partition coefficient (Wildman–Crippen LogP) is 1.50. The summed E-state index contributed by atoms with van der Waals surface area (Å²) in [5.74, 6) is 0.0766. The maximum Gasteiger partial charge on any atom is 0.225 e. The van der Waals surface area contributed by atoms with Crippen LogP contribution >= 0.6 is 11.3 Å². The molecule has 17 heavy (non-hydrogen) atoms. The molecule has 0 saturated carbocycles. The first-order chi connectivity index (χ1) is 7.98. The van der Waals surface area contributed by atoms with Gasteiger partial charge in [-0.05, 0) is 0 Å². The van der Waals surface area contributed by atoms with E-state index >= 15 is 0 Å². The quantitative estimate of drug-likeness (QED) is 0.900. The maximum atomic E-state index is 11.7. The molecule has 6 heteroatoms. The van der Waals surface area contributed by atoms with Gasteiger partial charge in [-0.3, -0.25) is 9.20 Å². The van der Waals surface area contributed by atoms with Gasteiger partial charge in [0, 0.05) is 29.5 Å². The van der Waals surface area contributed by atoms with Gasteiger partial charge in [0.1, 0.15) is 6.33 Å². The second-order valence-corrected chi connectivity index (χ2v) is 5.80. The molecule has 0 aliphatic rings. The molecule has 0 radical (unpaired) electrons. The molecule has 2 rings (SSSR count). The molecule has 2 aromatic rings. The molecule has 0 fully saturated rings. The van der Waals surface area contributed by atoms with Crippen LogP contribution < -0.4 is 5.32 Å². The van der Waals surface area contributed by atoms with Crippen molar-refractivity contribution < 1.29 is 4.79 Å². The summed E-state index contributed by atoms with van der Waals surface area (Å²) in [5, 5.41) is 12.8. The standard InChI is InChI=1S/C11H16N4OS/c1-11(2,3)9(16)12-5-4-8-6-17-10-14-13-7-15(8)10/h6-7H,4-5H2,1-3H3,(H,12,16). The van der Waals surface area contributed by atoms with Crippen LogP contribution in [0.15, 0.2) is 11.7 Å². The fourth-order valence-electron chi connectivity index (χ4n) is 1.43. The minimum absolute atomic E-state index is 0.0766. The van der Waals surface area contributed by atoms with Crippen molar-refractivity contribution in [3.63, 3.8) is 0 Å². The Kier molecular flexibility index (Phi) is 3.15.